The Bertz CT molecular complexity index is 1040. The summed E-state index contributed by atoms with van der Waals surface area (Å²) in [5, 5.41) is 19.0. The molecule has 2 amide bonds. The first-order chi connectivity index (χ1) is 14.9. The van der Waals surface area contributed by atoms with Gasteiger partial charge in [0.25, 0.3) is 0 Å². The van der Waals surface area contributed by atoms with Gasteiger partial charge < -0.3 is 10.4 Å². The predicted molar refractivity (Wildman–Crippen MR) is 119 cm³/mol. The lowest BCUT2D eigenvalue weighted by atomic mass is 9.58. The maximum atomic E-state index is 12.5. The predicted octanol–water partition coefficient (Wildman–Crippen LogP) is 3.19. The van der Waals surface area contributed by atoms with Crippen LogP contribution in [0, 0.1) is 12.3 Å². The number of nitrogens with zero attached hydrogens (tertiary/aromatic N) is 1. The van der Waals surface area contributed by atoms with E-state index in [-0.39, 0.29) is 23.1 Å². The smallest absolute Gasteiger partial charge is 0.234 e. The van der Waals surface area contributed by atoms with Crippen molar-refractivity contribution in [2.24, 2.45) is 5.41 Å². The summed E-state index contributed by atoms with van der Waals surface area (Å²) in [6, 6.07) is 8.17. The molecule has 1 aromatic heterocycles. The number of carbonyl (C=O) groups excluding carboxylic acids is 2. The lowest BCUT2D eigenvalue weighted by molar-refractivity contribution is -0.134. The van der Waals surface area contributed by atoms with Gasteiger partial charge in [-0.3, -0.25) is 19.9 Å². The van der Waals surface area contributed by atoms with Gasteiger partial charge in [0.2, 0.25) is 11.8 Å². The fourth-order valence-electron chi connectivity index (χ4n) is 6.17. The van der Waals surface area contributed by atoms with Gasteiger partial charge in [-0.1, -0.05) is 25.3 Å². The SMILES string of the molecule is Cc1nc2ccc(C3(O)CCNCC34CCCCC4)cc2cc1C1CCC(=O)NC1=O. The highest BCUT2D eigenvalue weighted by Crippen LogP contribution is 2.53. The summed E-state index contributed by atoms with van der Waals surface area (Å²) in [6.07, 6.45) is 7.23. The fourth-order valence-corrected chi connectivity index (χ4v) is 6.17. The Morgan fingerprint density at radius 1 is 1.10 bits per heavy atom. The van der Waals surface area contributed by atoms with E-state index in [9.17, 15) is 14.7 Å². The Balaban J connectivity index is 1.57. The summed E-state index contributed by atoms with van der Waals surface area (Å²) in [5.74, 6) is -0.805. The third-order valence-corrected chi connectivity index (χ3v) is 7.95. The van der Waals surface area contributed by atoms with Crippen LogP contribution in [0.25, 0.3) is 10.9 Å². The standard InChI is InChI=1S/C25H31N3O3/c1-16-20(19-6-8-22(29)28-23(19)30)14-17-13-18(5-7-21(17)27-16)25(31)11-12-26-15-24(25)9-3-2-4-10-24/h5,7,13-14,19,26,31H,2-4,6,8-12,15H2,1H3,(H,28,29,30). The van der Waals surface area contributed by atoms with Crippen molar-refractivity contribution in [1.29, 1.82) is 0 Å². The van der Waals surface area contributed by atoms with E-state index < -0.39 is 5.60 Å². The fraction of sp³-hybridized carbons (Fsp3) is 0.560. The molecule has 3 fully saturated rings. The zero-order valence-corrected chi connectivity index (χ0v) is 18.2. The van der Waals surface area contributed by atoms with E-state index in [4.69, 9.17) is 4.98 Å². The maximum Gasteiger partial charge on any atom is 0.234 e. The normalized spacial score (nSPS) is 28.6. The van der Waals surface area contributed by atoms with E-state index in [1.54, 1.807) is 0 Å². The van der Waals surface area contributed by atoms with Crippen LogP contribution in [-0.2, 0) is 15.2 Å². The minimum absolute atomic E-state index is 0.123. The van der Waals surface area contributed by atoms with Crippen LogP contribution in [0.4, 0.5) is 0 Å². The molecule has 3 aliphatic rings. The van der Waals surface area contributed by atoms with Crippen LogP contribution < -0.4 is 10.6 Å². The topological polar surface area (TPSA) is 91.3 Å². The van der Waals surface area contributed by atoms with Crippen molar-refractivity contribution in [3.8, 4) is 0 Å². The molecule has 6 heteroatoms. The van der Waals surface area contributed by atoms with Gasteiger partial charge in [-0.25, -0.2) is 0 Å². The van der Waals surface area contributed by atoms with E-state index in [2.05, 4.69) is 16.7 Å². The lowest BCUT2D eigenvalue weighted by Crippen LogP contribution is -2.57. The lowest BCUT2D eigenvalue weighted by Gasteiger charge is -2.53. The van der Waals surface area contributed by atoms with E-state index in [1.165, 1.54) is 6.42 Å². The number of benzene rings is 1. The molecule has 0 bridgehead atoms. The molecule has 3 heterocycles. The van der Waals surface area contributed by atoms with Crippen molar-refractivity contribution in [3.63, 3.8) is 0 Å². The van der Waals surface area contributed by atoms with Gasteiger partial charge in [-0.15, -0.1) is 0 Å². The molecule has 1 aliphatic carbocycles. The van der Waals surface area contributed by atoms with E-state index in [1.807, 2.05) is 25.1 Å². The number of fused-ring (bicyclic) bond motifs is 1. The summed E-state index contributed by atoms with van der Waals surface area (Å²) in [6.45, 7) is 3.59. The van der Waals surface area contributed by atoms with Gasteiger partial charge >= 0.3 is 0 Å². The average Bonchev–Trinajstić information content (AvgIpc) is 2.76. The largest absolute Gasteiger partial charge is 0.384 e. The maximum absolute atomic E-state index is 12.5. The molecule has 1 saturated carbocycles. The van der Waals surface area contributed by atoms with Crippen LogP contribution in [0.15, 0.2) is 24.3 Å². The number of imide groups is 1. The van der Waals surface area contributed by atoms with Crippen LogP contribution in [-0.4, -0.2) is 35.0 Å². The second kappa shape index (κ2) is 7.68. The third-order valence-electron chi connectivity index (χ3n) is 7.95. The molecular weight excluding hydrogens is 390 g/mol. The van der Waals surface area contributed by atoms with E-state index in [0.717, 1.165) is 66.5 Å². The van der Waals surface area contributed by atoms with Gasteiger partial charge in [-0.2, -0.15) is 0 Å². The number of aliphatic hydroxyl groups is 1. The Hall–Kier alpha value is -2.31. The first kappa shape index (κ1) is 20.6. The summed E-state index contributed by atoms with van der Waals surface area (Å²) in [4.78, 5) is 28.8. The monoisotopic (exact) mass is 421 g/mol. The van der Waals surface area contributed by atoms with Crippen molar-refractivity contribution in [3.05, 3.63) is 41.1 Å². The van der Waals surface area contributed by atoms with Gasteiger partial charge in [-0.05, 0) is 68.5 Å². The van der Waals surface area contributed by atoms with Crippen molar-refractivity contribution >= 4 is 22.7 Å². The molecule has 2 atom stereocenters. The molecule has 5 rings (SSSR count). The number of carbonyl (C=O) groups is 2. The molecular formula is C25H31N3O3. The highest BCUT2D eigenvalue weighted by atomic mass is 16.3. The molecule has 1 aromatic carbocycles. The number of pyridine rings is 1. The first-order valence-corrected chi connectivity index (χ1v) is 11.6. The molecule has 164 valence electrons. The number of hydrogen-bond donors (Lipinski definition) is 3. The van der Waals surface area contributed by atoms with Crippen molar-refractivity contribution in [2.75, 3.05) is 13.1 Å². The number of amides is 2. The second-order valence-corrected chi connectivity index (χ2v) is 9.70. The second-order valence-electron chi connectivity index (χ2n) is 9.70. The molecule has 6 nitrogen and oxygen atoms in total. The van der Waals surface area contributed by atoms with Crippen LogP contribution >= 0.6 is 0 Å². The van der Waals surface area contributed by atoms with E-state index >= 15 is 0 Å². The molecule has 2 saturated heterocycles. The highest BCUT2D eigenvalue weighted by Gasteiger charge is 2.52. The van der Waals surface area contributed by atoms with Gasteiger partial charge in [0.05, 0.1) is 17.0 Å². The number of piperidine rings is 2. The molecule has 31 heavy (non-hydrogen) atoms. The van der Waals surface area contributed by atoms with E-state index in [0.29, 0.717) is 19.3 Å². The Labute approximate surface area is 182 Å². The molecule has 2 aliphatic heterocycles. The molecule has 2 aromatic rings. The number of aryl methyl sites for hydroxylation is 1. The quantitative estimate of drug-likeness (QED) is 0.648. The van der Waals surface area contributed by atoms with Crippen LogP contribution in [0.2, 0.25) is 0 Å². The minimum Gasteiger partial charge on any atom is -0.384 e. The van der Waals surface area contributed by atoms with Crippen molar-refractivity contribution < 1.29 is 14.7 Å². The number of nitrogens with one attached hydrogen (secondary N) is 2. The molecule has 0 radical (unpaired) electrons. The third kappa shape index (κ3) is 3.37. The average molecular weight is 422 g/mol. The highest BCUT2D eigenvalue weighted by molar-refractivity contribution is 6.01. The van der Waals surface area contributed by atoms with Crippen molar-refractivity contribution in [2.45, 2.75) is 69.8 Å². The summed E-state index contributed by atoms with van der Waals surface area (Å²) < 4.78 is 0. The molecule has 3 N–H and O–H groups in total. The number of rotatable bonds is 2. The summed E-state index contributed by atoms with van der Waals surface area (Å²) in [7, 11) is 0. The van der Waals surface area contributed by atoms with Crippen LogP contribution in [0.3, 0.4) is 0 Å². The summed E-state index contributed by atoms with van der Waals surface area (Å²) >= 11 is 0. The van der Waals surface area contributed by atoms with Crippen LogP contribution in [0.1, 0.15) is 74.1 Å². The Kier molecular flexibility index (Phi) is 5.10. The van der Waals surface area contributed by atoms with Gasteiger partial charge in [0.15, 0.2) is 0 Å². The first-order valence-electron chi connectivity index (χ1n) is 11.6. The van der Waals surface area contributed by atoms with Gasteiger partial charge in [0, 0.05) is 29.5 Å². The Morgan fingerprint density at radius 3 is 2.68 bits per heavy atom. The molecule has 2 unspecified atom stereocenters. The molecule has 1 spiro atoms. The van der Waals surface area contributed by atoms with Crippen LogP contribution in [0.5, 0.6) is 0 Å². The number of aromatic nitrogens is 1. The Morgan fingerprint density at radius 2 is 1.90 bits per heavy atom. The zero-order valence-electron chi connectivity index (χ0n) is 18.2. The number of hydrogen-bond acceptors (Lipinski definition) is 5. The minimum atomic E-state index is -0.855. The zero-order chi connectivity index (χ0) is 21.6. The van der Waals surface area contributed by atoms with Gasteiger partial charge in [0.1, 0.15) is 0 Å². The summed E-state index contributed by atoms with van der Waals surface area (Å²) in [5.41, 5.74) is 2.54. The van der Waals surface area contributed by atoms with Crippen molar-refractivity contribution in [1.82, 2.24) is 15.6 Å².